The summed E-state index contributed by atoms with van der Waals surface area (Å²) in [6, 6.07) is 6.53. The Hall–Kier alpha value is -1.82. The fourth-order valence-corrected chi connectivity index (χ4v) is 2.84. The van der Waals surface area contributed by atoms with E-state index in [0.717, 1.165) is 17.3 Å². The lowest BCUT2D eigenvalue weighted by Crippen LogP contribution is -2.15. The summed E-state index contributed by atoms with van der Waals surface area (Å²) in [5.74, 6) is 3.26. The van der Waals surface area contributed by atoms with Crippen LogP contribution in [0.4, 0.5) is 11.9 Å². The standard InChI is InChI=1S/C15H21N5S/c1-10-5-6-11(2)12(7-10)8-21-9-13-17-14(16)19-15(18-13)20(3)4/h5-7H,8-9H2,1-4H3,(H2,16,17,18,19). The molecule has 0 bridgehead atoms. The highest BCUT2D eigenvalue weighted by Crippen LogP contribution is 2.20. The predicted molar refractivity (Wildman–Crippen MR) is 89.5 cm³/mol. The maximum atomic E-state index is 5.73. The zero-order valence-electron chi connectivity index (χ0n) is 12.9. The van der Waals surface area contributed by atoms with Crippen molar-refractivity contribution in [2.24, 2.45) is 0 Å². The molecule has 1 aromatic heterocycles. The minimum absolute atomic E-state index is 0.274. The van der Waals surface area contributed by atoms with E-state index in [9.17, 15) is 0 Å². The molecule has 2 rings (SSSR count). The summed E-state index contributed by atoms with van der Waals surface area (Å²) in [7, 11) is 3.78. The van der Waals surface area contributed by atoms with E-state index in [1.54, 1.807) is 11.8 Å². The molecular formula is C15H21N5S. The number of aromatic nitrogens is 3. The predicted octanol–water partition coefficient (Wildman–Crippen LogP) is 2.57. The number of aryl methyl sites for hydroxylation is 2. The second kappa shape index (κ2) is 6.76. The Bertz CT molecular complexity index is 627. The van der Waals surface area contributed by atoms with Gasteiger partial charge in [-0.2, -0.15) is 15.0 Å². The van der Waals surface area contributed by atoms with Gasteiger partial charge in [0.15, 0.2) is 0 Å². The van der Waals surface area contributed by atoms with Crippen molar-refractivity contribution in [1.29, 1.82) is 0 Å². The first-order valence-electron chi connectivity index (χ1n) is 6.77. The van der Waals surface area contributed by atoms with Gasteiger partial charge in [0.2, 0.25) is 11.9 Å². The molecule has 0 saturated carbocycles. The van der Waals surface area contributed by atoms with Crippen molar-refractivity contribution in [2.75, 3.05) is 24.7 Å². The molecule has 0 aliphatic rings. The lowest BCUT2D eigenvalue weighted by atomic mass is 10.1. The summed E-state index contributed by atoms with van der Waals surface area (Å²) in [4.78, 5) is 14.5. The number of anilines is 2. The fraction of sp³-hybridized carbons (Fsp3) is 0.400. The molecule has 0 amide bonds. The first-order chi connectivity index (χ1) is 9.95. The summed E-state index contributed by atoms with van der Waals surface area (Å²) >= 11 is 1.78. The Kier molecular flexibility index (Phi) is 5.01. The van der Waals surface area contributed by atoms with Crippen LogP contribution < -0.4 is 10.6 Å². The summed E-state index contributed by atoms with van der Waals surface area (Å²) in [5.41, 5.74) is 9.69. The van der Waals surface area contributed by atoms with Crippen molar-refractivity contribution in [3.8, 4) is 0 Å². The van der Waals surface area contributed by atoms with Crippen LogP contribution in [-0.4, -0.2) is 29.0 Å². The van der Waals surface area contributed by atoms with Gasteiger partial charge in [0.1, 0.15) is 5.82 Å². The van der Waals surface area contributed by atoms with Gasteiger partial charge in [-0.05, 0) is 25.0 Å². The lowest BCUT2D eigenvalue weighted by Gasteiger charge is -2.11. The average molecular weight is 303 g/mol. The molecule has 0 fully saturated rings. The van der Waals surface area contributed by atoms with Crippen molar-refractivity contribution < 1.29 is 0 Å². The van der Waals surface area contributed by atoms with Crippen LogP contribution >= 0.6 is 11.8 Å². The molecule has 0 radical (unpaired) electrons. The van der Waals surface area contributed by atoms with Gasteiger partial charge in [0.05, 0.1) is 5.75 Å². The third kappa shape index (κ3) is 4.32. The van der Waals surface area contributed by atoms with Gasteiger partial charge < -0.3 is 10.6 Å². The normalized spacial score (nSPS) is 10.7. The molecular weight excluding hydrogens is 282 g/mol. The monoisotopic (exact) mass is 303 g/mol. The molecule has 0 aliphatic carbocycles. The molecule has 0 atom stereocenters. The van der Waals surface area contributed by atoms with Gasteiger partial charge in [-0.25, -0.2) is 0 Å². The molecule has 0 aliphatic heterocycles. The average Bonchev–Trinajstić information content (AvgIpc) is 2.42. The molecule has 0 spiro atoms. The molecule has 2 aromatic rings. The van der Waals surface area contributed by atoms with Gasteiger partial charge in [-0.1, -0.05) is 23.8 Å². The van der Waals surface area contributed by atoms with Crippen molar-refractivity contribution in [3.05, 3.63) is 40.7 Å². The Morgan fingerprint density at radius 2 is 1.86 bits per heavy atom. The van der Waals surface area contributed by atoms with Crippen molar-refractivity contribution in [3.63, 3.8) is 0 Å². The van der Waals surface area contributed by atoms with Gasteiger partial charge in [0.25, 0.3) is 0 Å². The Balaban J connectivity index is 2.02. The molecule has 5 nitrogen and oxygen atoms in total. The number of nitrogen functional groups attached to an aromatic ring is 1. The van der Waals surface area contributed by atoms with E-state index >= 15 is 0 Å². The molecule has 6 heteroatoms. The third-order valence-corrected chi connectivity index (χ3v) is 4.06. The third-order valence-electron chi connectivity index (χ3n) is 3.08. The maximum Gasteiger partial charge on any atom is 0.229 e. The van der Waals surface area contributed by atoms with Crippen LogP contribution in [0.2, 0.25) is 0 Å². The Labute approximate surface area is 130 Å². The van der Waals surface area contributed by atoms with Crippen molar-refractivity contribution in [1.82, 2.24) is 15.0 Å². The minimum Gasteiger partial charge on any atom is -0.368 e. The molecule has 1 heterocycles. The highest BCUT2D eigenvalue weighted by atomic mass is 32.2. The number of rotatable bonds is 5. The number of benzene rings is 1. The maximum absolute atomic E-state index is 5.73. The fourth-order valence-electron chi connectivity index (χ4n) is 1.90. The van der Waals surface area contributed by atoms with Crippen LogP contribution in [0, 0.1) is 13.8 Å². The number of nitrogens with two attached hydrogens (primary N) is 1. The summed E-state index contributed by atoms with van der Waals surface area (Å²) < 4.78 is 0. The number of hydrogen-bond donors (Lipinski definition) is 1. The van der Waals surface area contributed by atoms with Gasteiger partial charge in [0, 0.05) is 19.8 Å². The van der Waals surface area contributed by atoms with Crippen LogP contribution in [0.25, 0.3) is 0 Å². The van der Waals surface area contributed by atoms with E-state index in [0.29, 0.717) is 5.95 Å². The second-order valence-corrected chi connectivity index (χ2v) is 6.21. The Morgan fingerprint density at radius 3 is 2.57 bits per heavy atom. The Morgan fingerprint density at radius 1 is 1.10 bits per heavy atom. The van der Waals surface area contributed by atoms with Crippen molar-refractivity contribution >= 4 is 23.7 Å². The van der Waals surface area contributed by atoms with Crippen LogP contribution in [0.1, 0.15) is 22.5 Å². The van der Waals surface area contributed by atoms with Crippen LogP contribution in [0.5, 0.6) is 0 Å². The zero-order valence-corrected chi connectivity index (χ0v) is 13.7. The van der Waals surface area contributed by atoms with Crippen LogP contribution in [0.15, 0.2) is 18.2 Å². The molecule has 21 heavy (non-hydrogen) atoms. The smallest absolute Gasteiger partial charge is 0.229 e. The SMILES string of the molecule is Cc1ccc(C)c(CSCc2nc(N)nc(N(C)C)n2)c1. The van der Waals surface area contributed by atoms with Crippen LogP contribution in [0.3, 0.4) is 0 Å². The van der Waals surface area contributed by atoms with Gasteiger partial charge in [-0.3, -0.25) is 0 Å². The summed E-state index contributed by atoms with van der Waals surface area (Å²) in [6.45, 7) is 4.25. The zero-order chi connectivity index (χ0) is 15.4. The first-order valence-corrected chi connectivity index (χ1v) is 7.93. The van der Waals surface area contributed by atoms with Crippen molar-refractivity contribution in [2.45, 2.75) is 25.4 Å². The quantitative estimate of drug-likeness (QED) is 0.915. The van der Waals surface area contributed by atoms with E-state index in [1.165, 1.54) is 16.7 Å². The highest BCUT2D eigenvalue weighted by Gasteiger charge is 2.07. The van der Waals surface area contributed by atoms with Crippen LogP contribution in [-0.2, 0) is 11.5 Å². The van der Waals surface area contributed by atoms with E-state index in [-0.39, 0.29) is 5.95 Å². The highest BCUT2D eigenvalue weighted by molar-refractivity contribution is 7.97. The van der Waals surface area contributed by atoms with E-state index in [2.05, 4.69) is 47.0 Å². The van der Waals surface area contributed by atoms with E-state index < -0.39 is 0 Å². The van der Waals surface area contributed by atoms with E-state index in [4.69, 9.17) is 5.73 Å². The number of hydrogen-bond acceptors (Lipinski definition) is 6. The van der Waals surface area contributed by atoms with Gasteiger partial charge in [-0.15, -0.1) is 11.8 Å². The lowest BCUT2D eigenvalue weighted by molar-refractivity contribution is 0.919. The summed E-state index contributed by atoms with van der Waals surface area (Å²) in [5, 5.41) is 0. The largest absolute Gasteiger partial charge is 0.368 e. The molecule has 2 N–H and O–H groups in total. The molecule has 0 saturated heterocycles. The summed E-state index contributed by atoms with van der Waals surface area (Å²) in [6.07, 6.45) is 0. The topological polar surface area (TPSA) is 67.9 Å². The van der Waals surface area contributed by atoms with E-state index in [1.807, 2.05) is 19.0 Å². The molecule has 0 unspecified atom stereocenters. The molecule has 1 aromatic carbocycles. The number of thioether (sulfide) groups is 1. The van der Waals surface area contributed by atoms with Gasteiger partial charge >= 0.3 is 0 Å². The second-order valence-electron chi connectivity index (χ2n) is 5.23. The minimum atomic E-state index is 0.274. The first kappa shape index (κ1) is 15.6. The number of nitrogens with zero attached hydrogens (tertiary/aromatic N) is 4. The molecule has 112 valence electrons.